The van der Waals surface area contributed by atoms with Crippen LogP contribution in [0.15, 0.2) is 24.3 Å². The average molecular weight is 283 g/mol. The van der Waals surface area contributed by atoms with Crippen LogP contribution in [0.25, 0.3) is 0 Å². The lowest BCUT2D eigenvalue weighted by molar-refractivity contribution is -0.139. The van der Waals surface area contributed by atoms with E-state index < -0.39 is 24.5 Å². The molecular formula is C13H11F2NO4. The number of carbonyl (C=O) groups excluding carboxylic acids is 1. The van der Waals surface area contributed by atoms with Crippen LogP contribution in [0.4, 0.5) is 8.78 Å². The number of nitrogens with one attached hydrogen (secondary N) is 1. The van der Waals surface area contributed by atoms with E-state index in [1.165, 1.54) is 18.2 Å². The fraction of sp³-hybridized carbons (Fsp3) is 0.231. The second-order valence-corrected chi connectivity index (χ2v) is 3.68. The molecule has 0 aromatic heterocycles. The summed E-state index contributed by atoms with van der Waals surface area (Å²) in [7, 11) is 0. The van der Waals surface area contributed by atoms with Crippen LogP contribution in [0.5, 0.6) is 5.75 Å². The van der Waals surface area contributed by atoms with E-state index in [2.05, 4.69) is 16.0 Å². The normalized spacial score (nSPS) is 11.5. The molecular weight excluding hydrogens is 272 g/mol. The summed E-state index contributed by atoms with van der Waals surface area (Å²) in [5.41, 5.74) is -0.00794. The highest BCUT2D eigenvalue weighted by atomic mass is 19.3. The van der Waals surface area contributed by atoms with Gasteiger partial charge in [0.1, 0.15) is 11.8 Å². The second-order valence-electron chi connectivity index (χ2n) is 3.68. The molecule has 0 heterocycles. The number of carboxylic acids is 1. The van der Waals surface area contributed by atoms with Gasteiger partial charge >= 0.3 is 12.6 Å². The highest BCUT2D eigenvalue weighted by molar-refractivity contribution is 5.96. The molecule has 7 heteroatoms. The Kier molecular flexibility index (Phi) is 5.47. The van der Waals surface area contributed by atoms with E-state index in [9.17, 15) is 18.4 Å². The predicted octanol–water partition coefficient (Wildman–Crippen LogP) is 1.49. The topological polar surface area (TPSA) is 75.6 Å². The molecule has 1 aromatic rings. The molecule has 0 aliphatic rings. The number of hydrogen-bond acceptors (Lipinski definition) is 3. The summed E-state index contributed by atoms with van der Waals surface area (Å²) in [5, 5.41) is 11.0. The van der Waals surface area contributed by atoms with Gasteiger partial charge < -0.3 is 15.2 Å². The molecule has 106 valence electrons. The maximum absolute atomic E-state index is 12.0. The van der Waals surface area contributed by atoms with Gasteiger partial charge in [-0.1, -0.05) is 6.07 Å². The van der Waals surface area contributed by atoms with Gasteiger partial charge in [-0.25, -0.2) is 4.79 Å². The van der Waals surface area contributed by atoms with E-state index in [0.29, 0.717) is 0 Å². The minimum Gasteiger partial charge on any atom is -0.480 e. The third-order valence-corrected chi connectivity index (χ3v) is 2.25. The molecule has 0 fully saturated rings. The van der Waals surface area contributed by atoms with Crippen LogP contribution in [0.2, 0.25) is 0 Å². The number of terminal acetylenes is 1. The molecule has 1 aromatic carbocycles. The smallest absolute Gasteiger partial charge is 0.387 e. The van der Waals surface area contributed by atoms with Gasteiger partial charge in [-0.3, -0.25) is 4.79 Å². The van der Waals surface area contributed by atoms with Crippen molar-refractivity contribution >= 4 is 11.9 Å². The number of hydrogen-bond donors (Lipinski definition) is 2. The predicted molar refractivity (Wildman–Crippen MR) is 65.4 cm³/mol. The molecule has 0 bridgehead atoms. The van der Waals surface area contributed by atoms with E-state index in [1.807, 2.05) is 0 Å². The maximum Gasteiger partial charge on any atom is 0.387 e. The molecule has 5 nitrogen and oxygen atoms in total. The van der Waals surface area contributed by atoms with E-state index in [1.54, 1.807) is 0 Å². The zero-order valence-corrected chi connectivity index (χ0v) is 10.2. The van der Waals surface area contributed by atoms with Crippen molar-refractivity contribution in [3.63, 3.8) is 0 Å². The first-order valence-corrected chi connectivity index (χ1v) is 5.46. The molecule has 0 saturated heterocycles. The number of aliphatic carboxylic acids is 1. The van der Waals surface area contributed by atoms with Crippen molar-refractivity contribution in [3.05, 3.63) is 29.8 Å². The molecule has 0 saturated carbocycles. The number of rotatable bonds is 6. The van der Waals surface area contributed by atoms with Crippen molar-refractivity contribution in [3.8, 4) is 18.1 Å². The Bertz CT molecular complexity index is 539. The first-order chi connectivity index (χ1) is 9.43. The van der Waals surface area contributed by atoms with Crippen LogP contribution in [0.3, 0.4) is 0 Å². The van der Waals surface area contributed by atoms with Crippen molar-refractivity contribution in [1.29, 1.82) is 0 Å². The lowest BCUT2D eigenvalue weighted by atomic mass is 10.1. The summed E-state index contributed by atoms with van der Waals surface area (Å²) in [6.45, 7) is -3.01. The fourth-order valence-corrected chi connectivity index (χ4v) is 1.37. The van der Waals surface area contributed by atoms with E-state index >= 15 is 0 Å². The number of alkyl halides is 2. The minimum atomic E-state index is -3.01. The molecule has 1 atom stereocenters. The first-order valence-electron chi connectivity index (χ1n) is 5.46. The molecule has 0 radical (unpaired) electrons. The van der Waals surface area contributed by atoms with Gasteiger partial charge in [-0.05, 0) is 18.2 Å². The molecule has 20 heavy (non-hydrogen) atoms. The van der Waals surface area contributed by atoms with Crippen LogP contribution >= 0.6 is 0 Å². The number of carbonyl (C=O) groups is 2. The third-order valence-electron chi connectivity index (χ3n) is 2.25. The van der Waals surface area contributed by atoms with Gasteiger partial charge in [0, 0.05) is 12.0 Å². The van der Waals surface area contributed by atoms with Gasteiger partial charge in [0.2, 0.25) is 0 Å². The Labute approximate surface area is 113 Å². The van der Waals surface area contributed by atoms with E-state index in [4.69, 9.17) is 11.5 Å². The highest BCUT2D eigenvalue weighted by Crippen LogP contribution is 2.16. The van der Waals surface area contributed by atoms with Crippen molar-refractivity contribution in [1.82, 2.24) is 5.32 Å². The van der Waals surface area contributed by atoms with Gasteiger partial charge in [0.15, 0.2) is 0 Å². The molecule has 1 rings (SSSR count). The number of ether oxygens (including phenoxy) is 1. The summed E-state index contributed by atoms with van der Waals surface area (Å²) >= 11 is 0. The Morgan fingerprint density at radius 2 is 2.15 bits per heavy atom. The van der Waals surface area contributed by atoms with Crippen molar-refractivity contribution in [2.75, 3.05) is 0 Å². The van der Waals surface area contributed by atoms with Crippen LogP contribution in [0, 0.1) is 12.3 Å². The summed E-state index contributed by atoms with van der Waals surface area (Å²) in [6, 6.07) is 3.76. The summed E-state index contributed by atoms with van der Waals surface area (Å²) in [5.74, 6) is -0.0981. The third kappa shape index (κ3) is 4.57. The standard InChI is InChI=1S/C13H11F2NO4/c1-2-4-10(12(18)19)16-11(17)8-5-3-6-9(7-8)20-13(14)15/h1,3,5-7,10,13H,4H2,(H,16,17)(H,18,19). The Balaban J connectivity index is 2.81. The second kappa shape index (κ2) is 7.09. The van der Waals surface area contributed by atoms with Gasteiger partial charge in [0.05, 0.1) is 0 Å². The Morgan fingerprint density at radius 3 is 2.70 bits per heavy atom. The van der Waals surface area contributed by atoms with E-state index in [-0.39, 0.29) is 17.7 Å². The number of carboxylic acid groups (broad SMARTS) is 1. The monoisotopic (exact) mass is 283 g/mol. The first kappa shape index (κ1) is 15.4. The fourth-order valence-electron chi connectivity index (χ4n) is 1.37. The SMILES string of the molecule is C#CCC(NC(=O)c1cccc(OC(F)F)c1)C(=O)O. The zero-order chi connectivity index (χ0) is 15.1. The summed E-state index contributed by atoms with van der Waals surface area (Å²) in [4.78, 5) is 22.6. The lowest BCUT2D eigenvalue weighted by Gasteiger charge is -2.12. The number of halogens is 2. The average Bonchev–Trinajstić information content (AvgIpc) is 2.37. The minimum absolute atomic E-state index is 0.00794. The molecule has 0 aliphatic carbocycles. The highest BCUT2D eigenvalue weighted by Gasteiger charge is 2.20. The van der Waals surface area contributed by atoms with Gasteiger partial charge in [-0.2, -0.15) is 8.78 Å². The van der Waals surface area contributed by atoms with Crippen molar-refractivity contribution in [2.45, 2.75) is 19.1 Å². The van der Waals surface area contributed by atoms with Crippen LogP contribution in [0.1, 0.15) is 16.8 Å². The van der Waals surface area contributed by atoms with Crippen LogP contribution < -0.4 is 10.1 Å². The molecule has 1 amide bonds. The zero-order valence-electron chi connectivity index (χ0n) is 10.2. The maximum atomic E-state index is 12.0. The van der Waals surface area contributed by atoms with Gasteiger partial charge in [-0.15, -0.1) is 12.3 Å². The molecule has 0 spiro atoms. The lowest BCUT2D eigenvalue weighted by Crippen LogP contribution is -2.40. The summed E-state index contributed by atoms with van der Waals surface area (Å²) in [6.07, 6.45) is 4.81. The van der Waals surface area contributed by atoms with Crippen molar-refractivity contribution < 1.29 is 28.2 Å². The quantitative estimate of drug-likeness (QED) is 0.776. The van der Waals surface area contributed by atoms with Crippen LogP contribution in [-0.4, -0.2) is 29.6 Å². The largest absolute Gasteiger partial charge is 0.480 e. The number of benzene rings is 1. The Morgan fingerprint density at radius 1 is 1.45 bits per heavy atom. The van der Waals surface area contributed by atoms with Gasteiger partial charge in [0.25, 0.3) is 5.91 Å². The van der Waals surface area contributed by atoms with Crippen molar-refractivity contribution in [2.24, 2.45) is 0 Å². The molecule has 1 unspecified atom stereocenters. The molecule has 2 N–H and O–H groups in total. The summed E-state index contributed by atoms with van der Waals surface area (Å²) < 4.78 is 28.2. The van der Waals surface area contributed by atoms with E-state index in [0.717, 1.165) is 6.07 Å². The number of amides is 1. The molecule has 0 aliphatic heterocycles. The van der Waals surface area contributed by atoms with Crippen LogP contribution in [-0.2, 0) is 4.79 Å². The Hall–Kier alpha value is -2.62.